The molecule has 1 amide bonds. The summed E-state index contributed by atoms with van der Waals surface area (Å²) in [4.78, 5) is 16.1. The number of benzene rings is 2. The lowest BCUT2D eigenvalue weighted by atomic mass is 10.2. The molecule has 0 unspecified atom stereocenters. The van der Waals surface area contributed by atoms with Crippen LogP contribution in [0.2, 0.25) is 0 Å². The van der Waals surface area contributed by atoms with Gasteiger partial charge in [-0.3, -0.25) is 4.79 Å². The second-order valence-electron chi connectivity index (χ2n) is 6.79. The number of hydrogen-bond acceptors (Lipinski definition) is 5. The number of aromatic nitrogens is 4. The second-order valence-corrected chi connectivity index (χ2v) is 7.73. The van der Waals surface area contributed by atoms with E-state index in [-0.39, 0.29) is 5.91 Å². The molecule has 1 aromatic heterocycles. The van der Waals surface area contributed by atoms with Crippen LogP contribution >= 0.6 is 11.8 Å². The summed E-state index contributed by atoms with van der Waals surface area (Å²) in [6.45, 7) is 4.57. The fourth-order valence-corrected chi connectivity index (χ4v) is 4.15. The van der Waals surface area contributed by atoms with E-state index in [1.165, 1.54) is 22.2 Å². The summed E-state index contributed by atoms with van der Waals surface area (Å²) in [7, 11) is 0. The van der Waals surface area contributed by atoms with Gasteiger partial charge in [0.25, 0.3) is 0 Å². The number of rotatable bonds is 6. The smallest absolute Gasteiger partial charge is 0.233 e. The van der Waals surface area contributed by atoms with Gasteiger partial charge in [-0.05, 0) is 22.6 Å². The minimum absolute atomic E-state index is 0.145. The number of piperazine rings is 1. The molecule has 1 fully saturated rings. The van der Waals surface area contributed by atoms with E-state index in [1.54, 1.807) is 4.68 Å². The molecule has 1 aliphatic heterocycles. The van der Waals surface area contributed by atoms with Gasteiger partial charge in [0, 0.05) is 5.56 Å². The Morgan fingerprint density at radius 3 is 2.39 bits per heavy atom. The van der Waals surface area contributed by atoms with E-state index >= 15 is 0 Å². The van der Waals surface area contributed by atoms with Gasteiger partial charge in [-0.1, -0.05) is 60.3 Å². The number of hydrogen-bond donors (Lipinski definition) is 1. The fraction of sp³-hybridized carbons (Fsp3) is 0.300. The third-order valence-electron chi connectivity index (χ3n) is 4.89. The van der Waals surface area contributed by atoms with Crippen LogP contribution in [-0.4, -0.2) is 62.9 Å². The van der Waals surface area contributed by atoms with E-state index in [4.69, 9.17) is 0 Å². The average molecular weight is 396 g/mol. The minimum atomic E-state index is 0.145. The van der Waals surface area contributed by atoms with Crippen molar-refractivity contribution in [2.24, 2.45) is 0 Å². The topological polar surface area (TPSA) is 68.4 Å². The summed E-state index contributed by atoms with van der Waals surface area (Å²) in [5.41, 5.74) is 2.24. The van der Waals surface area contributed by atoms with Crippen LogP contribution in [0.1, 0.15) is 5.56 Å². The Morgan fingerprint density at radius 1 is 1.00 bits per heavy atom. The van der Waals surface area contributed by atoms with Crippen molar-refractivity contribution in [3.05, 3.63) is 66.2 Å². The largest absolute Gasteiger partial charge is 0.331 e. The summed E-state index contributed by atoms with van der Waals surface area (Å²) >= 11 is 1.38. The lowest BCUT2D eigenvalue weighted by molar-refractivity contribution is -0.917. The lowest BCUT2D eigenvalue weighted by Gasteiger charge is -2.32. The third-order valence-corrected chi connectivity index (χ3v) is 5.79. The molecule has 0 aliphatic carbocycles. The summed E-state index contributed by atoms with van der Waals surface area (Å²) < 4.78 is 1.67. The Balaban J connectivity index is 1.27. The molecule has 0 saturated carbocycles. The predicted octanol–water partition coefficient (Wildman–Crippen LogP) is 0.682. The highest BCUT2D eigenvalue weighted by Gasteiger charge is 2.24. The molecule has 8 heteroatoms. The third kappa shape index (κ3) is 4.58. The molecule has 144 valence electrons. The van der Waals surface area contributed by atoms with Gasteiger partial charge < -0.3 is 9.80 Å². The maximum Gasteiger partial charge on any atom is 0.233 e. The van der Waals surface area contributed by atoms with Gasteiger partial charge in [-0.2, -0.15) is 4.68 Å². The Labute approximate surface area is 168 Å². The quantitative estimate of drug-likeness (QED) is 0.622. The van der Waals surface area contributed by atoms with Crippen molar-refractivity contribution in [2.75, 3.05) is 31.9 Å². The summed E-state index contributed by atoms with van der Waals surface area (Å²) in [6.07, 6.45) is 0. The molecular formula is C20H23N6OS+. The number of carbonyl (C=O) groups excluding carboxylic acids is 1. The van der Waals surface area contributed by atoms with E-state index in [0.29, 0.717) is 10.9 Å². The molecule has 4 rings (SSSR count). The Kier molecular flexibility index (Phi) is 5.98. The van der Waals surface area contributed by atoms with Crippen LogP contribution in [-0.2, 0) is 11.3 Å². The van der Waals surface area contributed by atoms with E-state index in [9.17, 15) is 4.79 Å². The van der Waals surface area contributed by atoms with Gasteiger partial charge in [-0.15, -0.1) is 5.10 Å². The van der Waals surface area contributed by atoms with Gasteiger partial charge in [0.1, 0.15) is 6.54 Å². The molecule has 1 aliphatic rings. The van der Waals surface area contributed by atoms with Crippen LogP contribution in [0.3, 0.4) is 0 Å². The van der Waals surface area contributed by atoms with Crippen LogP contribution < -0.4 is 4.90 Å². The van der Waals surface area contributed by atoms with Crippen molar-refractivity contribution >= 4 is 17.7 Å². The normalized spacial score (nSPS) is 14.9. The molecular weight excluding hydrogens is 372 g/mol. The maximum absolute atomic E-state index is 12.6. The predicted molar refractivity (Wildman–Crippen MR) is 107 cm³/mol. The zero-order valence-electron chi connectivity index (χ0n) is 15.6. The van der Waals surface area contributed by atoms with Crippen molar-refractivity contribution in [3.63, 3.8) is 0 Å². The van der Waals surface area contributed by atoms with E-state index in [1.807, 2.05) is 41.3 Å². The number of nitrogens with zero attached hydrogens (tertiary/aromatic N) is 5. The number of nitrogens with one attached hydrogen (secondary N) is 1. The Bertz CT molecular complexity index is 893. The molecule has 1 N–H and O–H groups in total. The summed E-state index contributed by atoms with van der Waals surface area (Å²) in [6, 6.07) is 20.2. The van der Waals surface area contributed by atoms with Gasteiger partial charge in [0.2, 0.25) is 11.1 Å². The molecule has 0 bridgehead atoms. The van der Waals surface area contributed by atoms with Crippen LogP contribution in [0.25, 0.3) is 5.69 Å². The van der Waals surface area contributed by atoms with Crippen molar-refractivity contribution in [1.29, 1.82) is 0 Å². The molecule has 2 aromatic carbocycles. The van der Waals surface area contributed by atoms with Crippen molar-refractivity contribution in [1.82, 2.24) is 25.1 Å². The SMILES string of the molecule is O=C(CSc1nnnn1-c1ccccc1)N1CC[NH+](Cc2ccccc2)CC1. The van der Waals surface area contributed by atoms with Crippen LogP contribution in [0.15, 0.2) is 65.8 Å². The first-order valence-electron chi connectivity index (χ1n) is 9.41. The zero-order chi connectivity index (χ0) is 19.2. The first-order chi connectivity index (χ1) is 13.8. The van der Waals surface area contributed by atoms with Crippen molar-refractivity contribution < 1.29 is 9.69 Å². The van der Waals surface area contributed by atoms with Gasteiger partial charge >= 0.3 is 0 Å². The van der Waals surface area contributed by atoms with E-state index < -0.39 is 0 Å². The summed E-state index contributed by atoms with van der Waals surface area (Å²) in [5, 5.41) is 12.5. The Morgan fingerprint density at radius 2 is 1.68 bits per heavy atom. The monoisotopic (exact) mass is 395 g/mol. The number of para-hydroxylation sites is 1. The molecule has 0 spiro atoms. The first-order valence-corrected chi connectivity index (χ1v) is 10.4. The minimum Gasteiger partial charge on any atom is -0.331 e. The van der Waals surface area contributed by atoms with Crippen LogP contribution in [0.5, 0.6) is 0 Å². The second kappa shape index (κ2) is 8.99. The van der Waals surface area contributed by atoms with E-state index in [2.05, 4.69) is 39.8 Å². The van der Waals surface area contributed by atoms with Gasteiger partial charge in [-0.25, -0.2) is 0 Å². The molecule has 7 nitrogen and oxygen atoms in total. The maximum atomic E-state index is 12.6. The van der Waals surface area contributed by atoms with Gasteiger partial charge in [0.05, 0.1) is 37.6 Å². The molecule has 0 atom stereocenters. The molecule has 2 heterocycles. The number of carbonyl (C=O) groups is 1. The molecule has 3 aromatic rings. The summed E-state index contributed by atoms with van der Waals surface area (Å²) in [5.74, 6) is 0.493. The average Bonchev–Trinajstić information content (AvgIpc) is 3.23. The molecule has 0 radical (unpaired) electrons. The number of amides is 1. The van der Waals surface area contributed by atoms with E-state index in [0.717, 1.165) is 38.4 Å². The molecule has 1 saturated heterocycles. The number of tetrazole rings is 1. The highest BCUT2D eigenvalue weighted by Crippen LogP contribution is 2.18. The first kappa shape index (κ1) is 18.6. The standard InChI is InChI=1S/C20H22N6OS/c27-19(16-28-20-21-22-23-26(20)18-9-5-2-6-10-18)25-13-11-24(12-14-25)15-17-7-3-1-4-8-17/h1-10H,11-16H2/p+1. The fourth-order valence-electron chi connectivity index (χ4n) is 3.35. The number of quaternary nitrogens is 1. The van der Waals surface area contributed by atoms with Crippen molar-refractivity contribution in [3.8, 4) is 5.69 Å². The lowest BCUT2D eigenvalue weighted by Crippen LogP contribution is -3.13. The van der Waals surface area contributed by atoms with Crippen LogP contribution in [0.4, 0.5) is 0 Å². The van der Waals surface area contributed by atoms with Crippen LogP contribution in [0, 0.1) is 0 Å². The highest BCUT2D eigenvalue weighted by molar-refractivity contribution is 7.99. The zero-order valence-corrected chi connectivity index (χ0v) is 16.4. The highest BCUT2D eigenvalue weighted by atomic mass is 32.2. The Hall–Kier alpha value is -2.71. The molecule has 28 heavy (non-hydrogen) atoms. The van der Waals surface area contributed by atoms with Gasteiger partial charge in [0.15, 0.2) is 0 Å². The number of thioether (sulfide) groups is 1. The van der Waals surface area contributed by atoms with Crippen molar-refractivity contribution in [2.45, 2.75) is 11.7 Å².